The van der Waals surface area contributed by atoms with Crippen LogP contribution in [0.5, 0.6) is 0 Å². The van der Waals surface area contributed by atoms with Crippen molar-refractivity contribution in [1.82, 2.24) is 18.5 Å². The lowest BCUT2D eigenvalue weighted by molar-refractivity contribution is 0.669. The van der Waals surface area contributed by atoms with Crippen LogP contribution in [0.4, 0.5) is 17.1 Å². The first-order valence-electron chi connectivity index (χ1n) is 21.3. The van der Waals surface area contributed by atoms with Crippen LogP contribution in [0.15, 0.2) is 229 Å². The van der Waals surface area contributed by atoms with Crippen LogP contribution in [-0.2, 0) is 0 Å². The Morgan fingerprint density at radius 1 is 0.397 bits per heavy atom. The maximum atomic E-state index is 6.28. The van der Waals surface area contributed by atoms with Gasteiger partial charge in [-0.15, -0.1) is 0 Å². The van der Waals surface area contributed by atoms with Crippen molar-refractivity contribution in [2.75, 3.05) is 4.90 Å². The predicted octanol–water partition coefficient (Wildman–Crippen LogP) is 15.1. The Balaban J connectivity index is 1.03. The highest BCUT2D eigenvalue weighted by Crippen LogP contribution is 2.43. The molecular weight excluding hydrogens is 771 g/mol. The second kappa shape index (κ2) is 14.0. The molecule has 9 aromatic carbocycles. The summed E-state index contributed by atoms with van der Waals surface area (Å²) in [5, 5.41) is 3.37. The molecule has 0 unspecified atom stereocenters. The smallest absolute Gasteiger partial charge is 0.221 e. The van der Waals surface area contributed by atoms with E-state index in [0.717, 1.165) is 100 Å². The normalized spacial score (nSPS) is 11.8. The number of furan rings is 1. The molecule has 6 heteroatoms. The largest absolute Gasteiger partial charge is 0.456 e. The van der Waals surface area contributed by atoms with Crippen LogP contribution < -0.4 is 4.90 Å². The molecule has 13 rings (SSSR count). The van der Waals surface area contributed by atoms with Crippen molar-refractivity contribution >= 4 is 77.9 Å². The zero-order valence-electron chi connectivity index (χ0n) is 34.0. The highest BCUT2D eigenvalue weighted by atomic mass is 16.3. The summed E-state index contributed by atoms with van der Waals surface area (Å²) < 4.78 is 13.3. The highest BCUT2D eigenvalue weighted by molar-refractivity contribution is 6.13. The fourth-order valence-electron chi connectivity index (χ4n) is 9.62. The molecular formula is C57H37N5O. The Kier molecular flexibility index (Phi) is 7.80. The summed E-state index contributed by atoms with van der Waals surface area (Å²) in [6.45, 7) is 0. The number of imidazole rings is 2. The van der Waals surface area contributed by atoms with Gasteiger partial charge in [-0.3, -0.25) is 13.5 Å². The number of hydrogen-bond acceptors (Lipinski definition) is 3. The highest BCUT2D eigenvalue weighted by Gasteiger charge is 2.25. The average molecular weight is 808 g/mol. The van der Waals surface area contributed by atoms with Crippen molar-refractivity contribution in [3.8, 4) is 33.6 Å². The third-order valence-corrected chi connectivity index (χ3v) is 12.4. The van der Waals surface area contributed by atoms with Crippen molar-refractivity contribution in [3.05, 3.63) is 224 Å². The topological polar surface area (TPSA) is 43.5 Å². The number of aromatic nitrogens is 4. The quantitative estimate of drug-likeness (QED) is 0.161. The van der Waals surface area contributed by atoms with Gasteiger partial charge in [0, 0.05) is 44.6 Å². The van der Waals surface area contributed by atoms with Crippen LogP contribution in [0.1, 0.15) is 0 Å². The summed E-state index contributed by atoms with van der Waals surface area (Å²) in [5.74, 6) is 0.859. The van der Waals surface area contributed by atoms with Crippen molar-refractivity contribution < 1.29 is 4.42 Å². The molecule has 0 atom stereocenters. The van der Waals surface area contributed by atoms with E-state index in [1.54, 1.807) is 0 Å². The van der Waals surface area contributed by atoms with Crippen LogP contribution in [0.2, 0.25) is 0 Å². The molecule has 63 heavy (non-hydrogen) atoms. The van der Waals surface area contributed by atoms with Gasteiger partial charge in [0.2, 0.25) is 5.78 Å². The van der Waals surface area contributed by atoms with Crippen LogP contribution in [0, 0.1) is 0 Å². The molecule has 6 nitrogen and oxygen atoms in total. The molecule has 0 N–H and O–H groups in total. The van der Waals surface area contributed by atoms with Crippen molar-refractivity contribution in [3.63, 3.8) is 0 Å². The van der Waals surface area contributed by atoms with E-state index in [1.165, 1.54) is 11.1 Å². The summed E-state index contributed by atoms with van der Waals surface area (Å²) in [6.07, 6.45) is 0. The number of hydrogen-bond donors (Lipinski definition) is 0. The van der Waals surface area contributed by atoms with Crippen molar-refractivity contribution in [1.29, 1.82) is 0 Å². The van der Waals surface area contributed by atoms with E-state index in [0.29, 0.717) is 0 Å². The fourth-order valence-corrected chi connectivity index (χ4v) is 9.62. The molecule has 296 valence electrons. The predicted molar refractivity (Wildman–Crippen MR) is 259 cm³/mol. The number of benzene rings is 9. The number of para-hydroxylation sites is 4. The number of rotatable bonds is 7. The van der Waals surface area contributed by atoms with Gasteiger partial charge in [0.25, 0.3) is 0 Å². The van der Waals surface area contributed by atoms with Crippen LogP contribution in [0.3, 0.4) is 0 Å². The molecule has 13 aromatic rings. The van der Waals surface area contributed by atoms with Crippen LogP contribution in [-0.4, -0.2) is 18.5 Å². The molecule has 0 aliphatic heterocycles. The van der Waals surface area contributed by atoms with Crippen molar-refractivity contribution in [2.45, 2.75) is 0 Å². The molecule has 0 aliphatic rings. The minimum absolute atomic E-state index is 0.859. The molecule has 0 saturated heterocycles. The number of anilines is 3. The Morgan fingerprint density at radius 3 is 1.70 bits per heavy atom. The van der Waals surface area contributed by atoms with E-state index >= 15 is 0 Å². The number of nitrogens with zero attached hydrogens (tertiary/aromatic N) is 5. The van der Waals surface area contributed by atoms with E-state index in [1.807, 2.05) is 12.1 Å². The Bertz CT molecular complexity index is 3820. The minimum atomic E-state index is 0.859. The van der Waals surface area contributed by atoms with Crippen LogP contribution >= 0.6 is 0 Å². The Hall–Kier alpha value is -8.61. The second-order valence-corrected chi connectivity index (χ2v) is 16.0. The van der Waals surface area contributed by atoms with Gasteiger partial charge in [-0.1, -0.05) is 140 Å². The van der Waals surface area contributed by atoms with E-state index in [2.05, 4.69) is 231 Å². The zero-order valence-corrected chi connectivity index (χ0v) is 34.0. The maximum Gasteiger partial charge on any atom is 0.221 e. The Labute approximate surface area is 362 Å². The first-order valence-corrected chi connectivity index (χ1v) is 21.3. The SMILES string of the molecule is c1ccc(-c2ccc(N(c3ccc(-c4cccc5oc6ccccc6c45)cc3)c3ccc4c(c3)n(-c3ccccc3)c3nc5c6ccccc6n(-c6ccccc6)c5n43)cc2)cc1. The Morgan fingerprint density at radius 2 is 0.968 bits per heavy atom. The molecule has 0 saturated carbocycles. The first kappa shape index (κ1) is 35.2. The third kappa shape index (κ3) is 5.48. The summed E-state index contributed by atoms with van der Waals surface area (Å²) >= 11 is 0. The monoisotopic (exact) mass is 807 g/mol. The van der Waals surface area contributed by atoms with E-state index < -0.39 is 0 Å². The van der Waals surface area contributed by atoms with Gasteiger partial charge in [-0.05, 0) is 107 Å². The van der Waals surface area contributed by atoms with E-state index in [4.69, 9.17) is 9.40 Å². The minimum Gasteiger partial charge on any atom is -0.456 e. The lowest BCUT2D eigenvalue weighted by Gasteiger charge is -2.26. The molecule has 0 spiro atoms. The first-order chi connectivity index (χ1) is 31.3. The lowest BCUT2D eigenvalue weighted by Crippen LogP contribution is -2.10. The number of fused-ring (bicyclic) bond motifs is 10. The van der Waals surface area contributed by atoms with Gasteiger partial charge in [-0.2, -0.15) is 0 Å². The maximum absolute atomic E-state index is 6.28. The van der Waals surface area contributed by atoms with E-state index in [-0.39, 0.29) is 0 Å². The van der Waals surface area contributed by atoms with Gasteiger partial charge >= 0.3 is 0 Å². The average Bonchev–Trinajstić information content (AvgIpc) is 4.09. The van der Waals surface area contributed by atoms with E-state index in [9.17, 15) is 0 Å². The van der Waals surface area contributed by atoms with Gasteiger partial charge in [0.05, 0.1) is 16.6 Å². The molecule has 0 bridgehead atoms. The molecule has 0 fully saturated rings. The van der Waals surface area contributed by atoms with Gasteiger partial charge in [-0.25, -0.2) is 4.98 Å². The van der Waals surface area contributed by atoms with Gasteiger partial charge in [0.1, 0.15) is 16.7 Å². The summed E-state index contributed by atoms with van der Waals surface area (Å²) in [4.78, 5) is 7.85. The lowest BCUT2D eigenvalue weighted by atomic mass is 9.99. The third-order valence-electron chi connectivity index (χ3n) is 12.4. The zero-order chi connectivity index (χ0) is 41.4. The molecule has 4 aromatic heterocycles. The molecule has 4 heterocycles. The standard InChI is InChI=1S/C57H37N5O/c1-4-15-38(16-5-1)39-27-31-43(32-28-39)59(44-33-29-40(30-34-44)46-23-14-26-53-54(46)48-22-11-13-25-52(48)63-53)45-35-36-50-51(37-45)61(42-19-8-3-9-20-42)57-58-55-47-21-10-12-24-49(47)60(56(55)62(50)57)41-17-6-2-7-18-41/h1-37H. The second-order valence-electron chi connectivity index (χ2n) is 16.0. The summed E-state index contributed by atoms with van der Waals surface area (Å²) in [7, 11) is 0. The summed E-state index contributed by atoms with van der Waals surface area (Å²) in [5.41, 5.74) is 16.9. The fraction of sp³-hybridized carbons (Fsp3) is 0. The van der Waals surface area contributed by atoms with Gasteiger partial charge in [0.15, 0.2) is 5.65 Å². The molecule has 0 amide bonds. The molecule has 0 radical (unpaired) electrons. The summed E-state index contributed by atoms with van der Waals surface area (Å²) in [6, 6.07) is 79.6. The van der Waals surface area contributed by atoms with Crippen molar-refractivity contribution in [2.24, 2.45) is 0 Å². The molecule has 0 aliphatic carbocycles. The van der Waals surface area contributed by atoms with Crippen LogP contribution in [0.25, 0.3) is 94.4 Å². The van der Waals surface area contributed by atoms with Gasteiger partial charge < -0.3 is 9.32 Å².